The Morgan fingerprint density at radius 1 is 1.46 bits per heavy atom. The van der Waals surface area contributed by atoms with E-state index in [4.69, 9.17) is 11.6 Å². The maximum Gasteiger partial charge on any atom is 0.225 e. The average molecular weight is 200 g/mol. The lowest BCUT2D eigenvalue weighted by molar-refractivity contribution is 0.889. The van der Waals surface area contributed by atoms with Gasteiger partial charge in [0.1, 0.15) is 0 Å². The highest BCUT2D eigenvalue weighted by Gasteiger charge is 2.04. The van der Waals surface area contributed by atoms with Gasteiger partial charge in [0, 0.05) is 31.4 Å². The largest absolute Gasteiger partial charge is 0.343 e. The first-order valence-electron chi connectivity index (χ1n) is 4.22. The molecule has 1 heterocycles. The third-order valence-corrected chi connectivity index (χ3v) is 2.14. The van der Waals surface area contributed by atoms with Crippen molar-refractivity contribution in [1.82, 2.24) is 9.97 Å². The molecule has 0 amide bonds. The van der Waals surface area contributed by atoms with Crippen molar-refractivity contribution >= 4 is 17.5 Å². The van der Waals surface area contributed by atoms with Crippen molar-refractivity contribution < 1.29 is 0 Å². The first-order chi connectivity index (χ1) is 6.15. The first kappa shape index (κ1) is 10.3. The number of aryl methyl sites for hydroxylation is 2. The van der Waals surface area contributed by atoms with Gasteiger partial charge in [0.2, 0.25) is 5.95 Å². The maximum atomic E-state index is 5.62. The minimum atomic E-state index is 0.590. The Balaban J connectivity index is 2.84. The van der Waals surface area contributed by atoms with Crippen molar-refractivity contribution in [3.05, 3.63) is 17.5 Å². The number of aromatic nitrogens is 2. The van der Waals surface area contributed by atoms with Gasteiger partial charge < -0.3 is 4.90 Å². The molecule has 0 N–H and O–H groups in total. The van der Waals surface area contributed by atoms with Crippen molar-refractivity contribution in [2.75, 3.05) is 24.4 Å². The monoisotopic (exact) mass is 199 g/mol. The van der Waals surface area contributed by atoms with E-state index < -0.39 is 0 Å². The van der Waals surface area contributed by atoms with Crippen LogP contribution in [-0.2, 0) is 0 Å². The zero-order valence-electron chi connectivity index (χ0n) is 8.21. The molecule has 72 valence electrons. The molecule has 4 heteroatoms. The smallest absolute Gasteiger partial charge is 0.225 e. The molecular weight excluding hydrogens is 186 g/mol. The van der Waals surface area contributed by atoms with Crippen LogP contribution in [-0.4, -0.2) is 29.4 Å². The fourth-order valence-electron chi connectivity index (χ4n) is 0.926. The van der Waals surface area contributed by atoms with Gasteiger partial charge in [-0.2, -0.15) is 0 Å². The fraction of sp³-hybridized carbons (Fsp3) is 0.556. The Morgan fingerprint density at radius 2 is 2.15 bits per heavy atom. The molecule has 0 spiro atoms. The second kappa shape index (κ2) is 4.42. The molecule has 0 aromatic carbocycles. The molecule has 1 aromatic heterocycles. The molecule has 0 saturated heterocycles. The topological polar surface area (TPSA) is 29.0 Å². The lowest BCUT2D eigenvalue weighted by Crippen LogP contribution is -2.22. The molecule has 0 aliphatic rings. The van der Waals surface area contributed by atoms with Crippen LogP contribution in [0.15, 0.2) is 6.20 Å². The number of halogens is 1. The molecule has 1 aromatic rings. The van der Waals surface area contributed by atoms with Crippen LogP contribution in [0.5, 0.6) is 0 Å². The van der Waals surface area contributed by atoms with Crippen LogP contribution in [0, 0.1) is 13.8 Å². The summed E-state index contributed by atoms with van der Waals surface area (Å²) in [6.07, 6.45) is 1.84. The molecule has 0 aliphatic carbocycles. The molecular formula is C9H14ClN3. The van der Waals surface area contributed by atoms with E-state index >= 15 is 0 Å². The van der Waals surface area contributed by atoms with Crippen LogP contribution in [0.4, 0.5) is 5.95 Å². The molecule has 0 aliphatic heterocycles. The van der Waals surface area contributed by atoms with E-state index in [1.165, 1.54) is 0 Å². The third kappa shape index (κ3) is 2.56. The van der Waals surface area contributed by atoms with Crippen molar-refractivity contribution in [3.63, 3.8) is 0 Å². The van der Waals surface area contributed by atoms with Gasteiger partial charge in [-0.3, -0.25) is 0 Å². The Labute approximate surface area is 83.8 Å². The summed E-state index contributed by atoms with van der Waals surface area (Å²) in [5, 5.41) is 0. The number of rotatable bonds is 3. The molecule has 1 rings (SSSR count). The molecule has 0 fully saturated rings. The Kier molecular flexibility index (Phi) is 3.48. The summed E-state index contributed by atoms with van der Waals surface area (Å²) in [7, 11) is 1.94. The third-order valence-electron chi connectivity index (χ3n) is 1.97. The van der Waals surface area contributed by atoms with Crippen molar-refractivity contribution in [2.24, 2.45) is 0 Å². The number of hydrogen-bond acceptors (Lipinski definition) is 3. The lowest BCUT2D eigenvalue weighted by atomic mass is 10.3. The van der Waals surface area contributed by atoms with Gasteiger partial charge in [-0.15, -0.1) is 11.6 Å². The summed E-state index contributed by atoms with van der Waals surface area (Å²) >= 11 is 5.62. The Hall–Kier alpha value is -0.830. The number of hydrogen-bond donors (Lipinski definition) is 0. The van der Waals surface area contributed by atoms with E-state index in [0.29, 0.717) is 5.88 Å². The molecule has 3 nitrogen and oxygen atoms in total. The van der Waals surface area contributed by atoms with E-state index in [1.54, 1.807) is 0 Å². The minimum Gasteiger partial charge on any atom is -0.343 e. The van der Waals surface area contributed by atoms with E-state index in [-0.39, 0.29) is 0 Å². The number of alkyl halides is 1. The van der Waals surface area contributed by atoms with Crippen molar-refractivity contribution in [2.45, 2.75) is 13.8 Å². The minimum absolute atomic E-state index is 0.590. The SMILES string of the molecule is Cc1cnc(N(C)CCCl)nc1C. The number of nitrogens with zero attached hydrogens (tertiary/aromatic N) is 3. The maximum absolute atomic E-state index is 5.62. The van der Waals surface area contributed by atoms with E-state index in [1.807, 2.05) is 32.0 Å². The highest BCUT2D eigenvalue weighted by Crippen LogP contribution is 2.08. The highest BCUT2D eigenvalue weighted by atomic mass is 35.5. The van der Waals surface area contributed by atoms with Crippen LogP contribution in [0.25, 0.3) is 0 Å². The van der Waals surface area contributed by atoms with Gasteiger partial charge >= 0.3 is 0 Å². The van der Waals surface area contributed by atoms with E-state index in [0.717, 1.165) is 23.8 Å². The lowest BCUT2D eigenvalue weighted by Gasteiger charge is -2.15. The normalized spacial score (nSPS) is 10.2. The van der Waals surface area contributed by atoms with Crippen LogP contribution in [0.3, 0.4) is 0 Å². The van der Waals surface area contributed by atoms with Gasteiger partial charge in [-0.25, -0.2) is 9.97 Å². The second-order valence-corrected chi connectivity index (χ2v) is 3.43. The van der Waals surface area contributed by atoms with Gasteiger partial charge in [-0.05, 0) is 19.4 Å². The summed E-state index contributed by atoms with van der Waals surface area (Å²) in [6.45, 7) is 4.75. The molecule has 0 saturated carbocycles. The van der Waals surface area contributed by atoms with Crippen molar-refractivity contribution in [1.29, 1.82) is 0 Å². The Bertz CT molecular complexity index is 288. The zero-order valence-corrected chi connectivity index (χ0v) is 8.97. The van der Waals surface area contributed by atoms with Crippen LogP contribution in [0.2, 0.25) is 0 Å². The fourth-order valence-corrected chi connectivity index (χ4v) is 1.18. The highest BCUT2D eigenvalue weighted by molar-refractivity contribution is 6.18. The molecule has 0 unspecified atom stereocenters. The summed E-state index contributed by atoms with van der Waals surface area (Å²) in [5.41, 5.74) is 2.13. The quantitative estimate of drug-likeness (QED) is 0.695. The summed E-state index contributed by atoms with van der Waals surface area (Å²) in [5.74, 6) is 1.33. The average Bonchev–Trinajstić information content (AvgIpc) is 2.10. The summed E-state index contributed by atoms with van der Waals surface area (Å²) in [4.78, 5) is 10.5. The van der Waals surface area contributed by atoms with Crippen molar-refractivity contribution in [3.8, 4) is 0 Å². The van der Waals surface area contributed by atoms with Crippen LogP contribution >= 0.6 is 11.6 Å². The Morgan fingerprint density at radius 3 is 2.69 bits per heavy atom. The number of anilines is 1. The van der Waals surface area contributed by atoms with Gasteiger partial charge in [0.15, 0.2) is 0 Å². The first-order valence-corrected chi connectivity index (χ1v) is 4.76. The van der Waals surface area contributed by atoms with E-state index in [9.17, 15) is 0 Å². The van der Waals surface area contributed by atoms with Gasteiger partial charge in [-0.1, -0.05) is 0 Å². The van der Waals surface area contributed by atoms with Crippen LogP contribution < -0.4 is 4.90 Å². The molecule has 13 heavy (non-hydrogen) atoms. The standard InChI is InChI=1S/C9H14ClN3/c1-7-6-11-9(12-8(7)2)13(3)5-4-10/h6H,4-5H2,1-3H3. The van der Waals surface area contributed by atoms with Crippen LogP contribution in [0.1, 0.15) is 11.3 Å². The molecule has 0 radical (unpaired) electrons. The van der Waals surface area contributed by atoms with E-state index in [2.05, 4.69) is 9.97 Å². The van der Waals surface area contributed by atoms with Gasteiger partial charge in [0.05, 0.1) is 0 Å². The predicted octanol–water partition coefficient (Wildman–Crippen LogP) is 1.77. The predicted molar refractivity (Wildman–Crippen MR) is 55.5 cm³/mol. The van der Waals surface area contributed by atoms with Gasteiger partial charge in [0.25, 0.3) is 0 Å². The second-order valence-electron chi connectivity index (χ2n) is 3.05. The summed E-state index contributed by atoms with van der Waals surface area (Å²) < 4.78 is 0. The summed E-state index contributed by atoms with van der Waals surface area (Å²) in [6, 6.07) is 0. The zero-order chi connectivity index (χ0) is 9.84. The molecule has 0 atom stereocenters. The molecule has 0 bridgehead atoms.